The van der Waals surface area contributed by atoms with Crippen molar-refractivity contribution in [1.82, 2.24) is 18.8 Å². The van der Waals surface area contributed by atoms with Crippen LogP contribution in [0.4, 0.5) is 24.5 Å². The maximum absolute atomic E-state index is 14.2. The van der Waals surface area contributed by atoms with E-state index < -0.39 is 33.6 Å². The Bertz CT molecular complexity index is 2270. The maximum Gasteiger partial charge on any atom is 0.416 e. The van der Waals surface area contributed by atoms with Gasteiger partial charge in [-0.3, -0.25) is 14.5 Å². The number of anilines is 2. The van der Waals surface area contributed by atoms with Gasteiger partial charge in [-0.1, -0.05) is 48.4 Å². The first-order valence-electron chi connectivity index (χ1n) is 16.5. The predicted molar refractivity (Wildman–Crippen MR) is 194 cm³/mol. The topological polar surface area (TPSA) is 117 Å². The van der Waals surface area contributed by atoms with Gasteiger partial charge in [0.1, 0.15) is 0 Å². The fraction of sp³-hybridized carbons (Fsp3) is 0.270. The second-order valence-corrected chi connectivity index (χ2v) is 14.9. The molecule has 15 heteroatoms. The van der Waals surface area contributed by atoms with Crippen LogP contribution in [0.2, 0.25) is 5.02 Å². The van der Waals surface area contributed by atoms with Gasteiger partial charge in [-0.2, -0.15) is 13.2 Å². The van der Waals surface area contributed by atoms with Crippen LogP contribution in [-0.2, 0) is 22.7 Å². The number of rotatable bonds is 9. The highest BCUT2D eigenvalue weighted by Gasteiger charge is 2.35. The summed E-state index contributed by atoms with van der Waals surface area (Å²) in [6.45, 7) is 9.51. The van der Waals surface area contributed by atoms with Crippen molar-refractivity contribution >= 4 is 55.8 Å². The lowest BCUT2D eigenvalue weighted by molar-refractivity contribution is -0.138. The van der Waals surface area contributed by atoms with Gasteiger partial charge in [0.15, 0.2) is 5.65 Å². The highest BCUT2D eigenvalue weighted by Crippen LogP contribution is 2.34. The van der Waals surface area contributed by atoms with E-state index in [-0.39, 0.29) is 49.9 Å². The Labute approximate surface area is 304 Å². The molecule has 3 heterocycles. The molecule has 2 amide bonds. The number of carbonyl (C=O) groups is 2. The van der Waals surface area contributed by atoms with Crippen LogP contribution in [0.5, 0.6) is 0 Å². The van der Waals surface area contributed by atoms with Crippen LogP contribution in [-0.4, -0.2) is 71.7 Å². The zero-order valence-corrected chi connectivity index (χ0v) is 30.2. The molecule has 3 aromatic carbocycles. The number of likely N-dealkylation sites (N-methyl/N-ethyl adjacent to an activating group) is 1. The van der Waals surface area contributed by atoms with Crippen molar-refractivity contribution in [2.24, 2.45) is 0 Å². The number of fused-ring (bicyclic) bond motifs is 1. The smallest absolute Gasteiger partial charge is 0.322 e. The number of piperazine rings is 1. The summed E-state index contributed by atoms with van der Waals surface area (Å²) in [7, 11) is -4.00. The molecule has 10 nitrogen and oxygen atoms in total. The number of pyridine rings is 1. The summed E-state index contributed by atoms with van der Waals surface area (Å²) in [5, 5.41) is 5.59. The summed E-state index contributed by atoms with van der Waals surface area (Å²) in [4.78, 5) is 35.2. The van der Waals surface area contributed by atoms with Crippen LogP contribution in [0.25, 0.3) is 11.0 Å². The Morgan fingerprint density at radius 1 is 0.885 bits per heavy atom. The predicted octanol–water partition coefficient (Wildman–Crippen LogP) is 7.20. The van der Waals surface area contributed by atoms with E-state index in [0.29, 0.717) is 24.3 Å². The number of benzene rings is 3. The number of carbonyl (C=O) groups excluding carboxylic acids is 2. The first-order chi connectivity index (χ1) is 24.6. The van der Waals surface area contributed by atoms with Crippen molar-refractivity contribution in [2.45, 2.75) is 38.4 Å². The number of aromatic nitrogens is 2. The molecule has 6 rings (SSSR count). The van der Waals surface area contributed by atoms with Crippen LogP contribution < -0.4 is 10.6 Å². The van der Waals surface area contributed by atoms with Crippen molar-refractivity contribution < 1.29 is 31.2 Å². The number of amides is 2. The van der Waals surface area contributed by atoms with E-state index in [2.05, 4.69) is 27.4 Å². The number of hydrogen-bond donors (Lipinski definition) is 2. The molecule has 52 heavy (non-hydrogen) atoms. The number of hydrogen-bond acceptors (Lipinski definition) is 7. The van der Waals surface area contributed by atoms with E-state index >= 15 is 0 Å². The molecule has 0 spiro atoms. The van der Waals surface area contributed by atoms with Gasteiger partial charge in [-0.25, -0.2) is 17.4 Å². The summed E-state index contributed by atoms with van der Waals surface area (Å²) in [5.74, 6) is -1.40. The molecule has 0 aliphatic carbocycles. The van der Waals surface area contributed by atoms with Gasteiger partial charge < -0.3 is 15.5 Å². The summed E-state index contributed by atoms with van der Waals surface area (Å²) >= 11 is 6.61. The van der Waals surface area contributed by atoms with Crippen molar-refractivity contribution in [1.29, 1.82) is 0 Å². The minimum absolute atomic E-state index is 0.0189. The fourth-order valence-corrected chi connectivity index (χ4v) is 7.64. The molecular weight excluding hydrogens is 717 g/mol. The molecule has 0 saturated carbocycles. The van der Waals surface area contributed by atoms with E-state index in [1.807, 2.05) is 11.8 Å². The number of nitrogens with zero attached hydrogens (tertiary/aromatic N) is 4. The van der Waals surface area contributed by atoms with Crippen LogP contribution in [0, 0.1) is 13.8 Å². The molecule has 0 radical (unpaired) electrons. The third kappa shape index (κ3) is 7.70. The van der Waals surface area contributed by atoms with Gasteiger partial charge in [0, 0.05) is 67.4 Å². The summed E-state index contributed by atoms with van der Waals surface area (Å²) in [6.07, 6.45) is -2.17. The second kappa shape index (κ2) is 14.7. The third-order valence-corrected chi connectivity index (χ3v) is 11.3. The van der Waals surface area contributed by atoms with Gasteiger partial charge in [-0.05, 0) is 74.0 Å². The first-order valence-corrected chi connectivity index (χ1v) is 18.3. The summed E-state index contributed by atoms with van der Waals surface area (Å²) in [6, 6.07) is 16.1. The fourth-order valence-electron chi connectivity index (χ4n) is 6.06. The molecular formula is C37H36ClF3N6O4S. The van der Waals surface area contributed by atoms with Crippen LogP contribution in [0.15, 0.2) is 84.0 Å². The van der Waals surface area contributed by atoms with E-state index in [1.54, 1.807) is 31.2 Å². The zero-order chi connectivity index (χ0) is 37.4. The van der Waals surface area contributed by atoms with E-state index in [0.717, 1.165) is 35.2 Å². The minimum Gasteiger partial charge on any atom is -0.322 e. The molecule has 0 bridgehead atoms. The largest absolute Gasteiger partial charge is 0.416 e. The van der Waals surface area contributed by atoms with Gasteiger partial charge in [0.05, 0.1) is 21.0 Å². The minimum atomic E-state index is -4.66. The number of nitrogens with one attached hydrogen (secondary N) is 2. The normalized spacial score (nSPS) is 14.4. The van der Waals surface area contributed by atoms with E-state index in [9.17, 15) is 31.2 Å². The molecule has 2 N–H and O–H groups in total. The van der Waals surface area contributed by atoms with Crippen LogP contribution >= 0.6 is 11.6 Å². The lowest BCUT2D eigenvalue weighted by atomic mass is 10.0. The average molecular weight is 753 g/mol. The standard InChI is InChI=1S/C37H36ClF3N6O4S/c1-4-45-15-17-46(18-16-45)22-26-9-8-25(19-31(26)37(39,40)41)35(48)43-27-10-7-24(3)32(20-27)44-36(49)30-21-42-34-29(33(30)38)13-14-47(34)52(50,51)28-11-5-23(2)6-12-28/h5-14,19-21H,4,15-18,22H2,1-3H3,(H,43,48)(H,44,49). The van der Waals surface area contributed by atoms with Crippen LogP contribution in [0.3, 0.4) is 0 Å². The molecule has 0 unspecified atom stereocenters. The summed E-state index contributed by atoms with van der Waals surface area (Å²) in [5.41, 5.74) is 1.14. The quantitative estimate of drug-likeness (QED) is 0.164. The molecule has 5 aromatic rings. The lowest BCUT2D eigenvalue weighted by Crippen LogP contribution is -2.45. The molecule has 0 atom stereocenters. The highest BCUT2D eigenvalue weighted by molar-refractivity contribution is 7.90. The Hall–Kier alpha value is -4.76. The van der Waals surface area contributed by atoms with E-state index in [4.69, 9.17) is 11.6 Å². The Kier molecular flexibility index (Phi) is 10.5. The molecule has 1 aliphatic heterocycles. The van der Waals surface area contributed by atoms with Gasteiger partial charge in [0.2, 0.25) is 0 Å². The average Bonchev–Trinajstić information content (AvgIpc) is 3.56. The lowest BCUT2D eigenvalue weighted by Gasteiger charge is -2.34. The zero-order valence-electron chi connectivity index (χ0n) is 28.6. The van der Waals surface area contributed by atoms with Gasteiger partial charge in [-0.15, -0.1) is 0 Å². The Morgan fingerprint density at radius 2 is 1.58 bits per heavy atom. The molecule has 1 saturated heterocycles. The maximum atomic E-state index is 14.2. The highest BCUT2D eigenvalue weighted by atomic mass is 35.5. The number of halogens is 4. The molecule has 1 aliphatic rings. The Balaban J connectivity index is 1.18. The first kappa shape index (κ1) is 37.0. The molecule has 272 valence electrons. The van der Waals surface area contributed by atoms with Crippen molar-refractivity contribution in [3.63, 3.8) is 0 Å². The number of aryl methyl sites for hydroxylation is 2. The van der Waals surface area contributed by atoms with Gasteiger partial charge >= 0.3 is 6.18 Å². The third-order valence-electron chi connectivity index (χ3n) is 9.16. The molecule has 1 fully saturated rings. The van der Waals surface area contributed by atoms with Crippen molar-refractivity contribution in [2.75, 3.05) is 43.4 Å². The number of alkyl halides is 3. The second-order valence-electron chi connectivity index (χ2n) is 12.7. The van der Waals surface area contributed by atoms with Crippen LogP contribution in [0.1, 0.15) is 49.9 Å². The monoisotopic (exact) mass is 752 g/mol. The Morgan fingerprint density at radius 3 is 2.25 bits per heavy atom. The molecule has 2 aromatic heterocycles. The SMILES string of the molecule is CCN1CCN(Cc2ccc(C(=O)Nc3ccc(C)c(NC(=O)c4cnc5c(ccn5S(=O)(=O)c5ccc(C)cc5)c4Cl)c3)cc2C(F)(F)F)CC1. The van der Waals surface area contributed by atoms with Crippen molar-refractivity contribution in [3.05, 3.63) is 118 Å². The van der Waals surface area contributed by atoms with Crippen molar-refractivity contribution in [3.8, 4) is 0 Å². The summed E-state index contributed by atoms with van der Waals surface area (Å²) < 4.78 is 70.1. The van der Waals surface area contributed by atoms with Gasteiger partial charge in [0.25, 0.3) is 21.8 Å². The van der Waals surface area contributed by atoms with E-state index in [1.165, 1.54) is 48.8 Å².